The Labute approximate surface area is 125 Å². The summed E-state index contributed by atoms with van der Waals surface area (Å²) in [5.41, 5.74) is 0.748. The molecule has 0 aliphatic carbocycles. The number of nitrogens with zero attached hydrogens (tertiary/aromatic N) is 2. The van der Waals surface area contributed by atoms with E-state index in [9.17, 15) is 9.18 Å². The van der Waals surface area contributed by atoms with E-state index in [0.29, 0.717) is 26.1 Å². The lowest BCUT2D eigenvalue weighted by molar-refractivity contribution is 0.0686. The molecule has 1 aliphatic heterocycles. The highest BCUT2D eigenvalue weighted by atomic mass is 19.1. The van der Waals surface area contributed by atoms with Crippen LogP contribution in [-0.4, -0.2) is 54.7 Å². The molecule has 0 radical (unpaired) electrons. The first-order valence-electron chi connectivity index (χ1n) is 7.51. The molecule has 4 nitrogen and oxygen atoms in total. The number of hydrogen-bond donors (Lipinski definition) is 0. The molecule has 1 heterocycles. The van der Waals surface area contributed by atoms with Crippen LogP contribution < -0.4 is 0 Å². The molecule has 0 spiro atoms. The Morgan fingerprint density at radius 2 is 1.95 bits per heavy atom. The van der Waals surface area contributed by atoms with Crippen molar-refractivity contribution in [3.8, 4) is 0 Å². The van der Waals surface area contributed by atoms with Crippen molar-refractivity contribution in [2.45, 2.75) is 26.3 Å². The Morgan fingerprint density at radius 1 is 1.29 bits per heavy atom. The van der Waals surface area contributed by atoms with E-state index in [4.69, 9.17) is 4.74 Å². The predicted molar refractivity (Wildman–Crippen MR) is 79.7 cm³/mol. The SMILES string of the molecule is CCOC(=O)N1CCN([C@H](C)Cc2ccccc2F)CC1. The molecule has 116 valence electrons. The first-order valence-corrected chi connectivity index (χ1v) is 7.51. The minimum absolute atomic E-state index is 0.144. The van der Waals surface area contributed by atoms with Crippen molar-refractivity contribution in [2.75, 3.05) is 32.8 Å². The van der Waals surface area contributed by atoms with Crippen molar-refractivity contribution in [2.24, 2.45) is 0 Å². The van der Waals surface area contributed by atoms with Gasteiger partial charge in [0.25, 0.3) is 0 Å². The molecule has 1 aromatic carbocycles. The summed E-state index contributed by atoms with van der Waals surface area (Å²) in [5, 5.41) is 0. The van der Waals surface area contributed by atoms with E-state index in [0.717, 1.165) is 18.7 Å². The molecule has 5 heteroatoms. The maximum atomic E-state index is 13.7. The number of piperazine rings is 1. The van der Waals surface area contributed by atoms with Crippen molar-refractivity contribution in [1.82, 2.24) is 9.80 Å². The molecular formula is C16H23FN2O2. The molecule has 1 atom stereocenters. The smallest absolute Gasteiger partial charge is 0.409 e. The molecule has 1 aromatic rings. The summed E-state index contributed by atoms with van der Waals surface area (Å²) in [6.45, 7) is 7.25. The second-order valence-corrected chi connectivity index (χ2v) is 5.37. The zero-order valence-electron chi connectivity index (χ0n) is 12.7. The van der Waals surface area contributed by atoms with Crippen LogP contribution in [0.5, 0.6) is 0 Å². The first-order chi connectivity index (χ1) is 10.1. The summed E-state index contributed by atoms with van der Waals surface area (Å²) in [5.74, 6) is -0.144. The van der Waals surface area contributed by atoms with Crippen LogP contribution in [0.2, 0.25) is 0 Å². The maximum Gasteiger partial charge on any atom is 0.409 e. The summed E-state index contributed by atoms with van der Waals surface area (Å²) in [4.78, 5) is 15.7. The van der Waals surface area contributed by atoms with Gasteiger partial charge in [0.2, 0.25) is 0 Å². The van der Waals surface area contributed by atoms with Gasteiger partial charge in [-0.25, -0.2) is 9.18 Å². The van der Waals surface area contributed by atoms with Gasteiger partial charge in [-0.05, 0) is 31.9 Å². The van der Waals surface area contributed by atoms with E-state index in [1.165, 1.54) is 6.07 Å². The molecule has 0 saturated carbocycles. The van der Waals surface area contributed by atoms with Crippen molar-refractivity contribution < 1.29 is 13.9 Å². The number of hydrogen-bond acceptors (Lipinski definition) is 3. The van der Waals surface area contributed by atoms with E-state index < -0.39 is 0 Å². The van der Waals surface area contributed by atoms with Crippen LogP contribution in [-0.2, 0) is 11.2 Å². The molecule has 21 heavy (non-hydrogen) atoms. The van der Waals surface area contributed by atoms with Crippen molar-refractivity contribution in [1.29, 1.82) is 0 Å². The summed E-state index contributed by atoms with van der Waals surface area (Å²) < 4.78 is 18.7. The van der Waals surface area contributed by atoms with Crippen LogP contribution in [0.15, 0.2) is 24.3 Å². The number of rotatable bonds is 4. The first kappa shape index (κ1) is 15.8. The minimum atomic E-state index is -0.237. The van der Waals surface area contributed by atoms with Crippen LogP contribution >= 0.6 is 0 Å². The van der Waals surface area contributed by atoms with Crippen LogP contribution in [0.1, 0.15) is 19.4 Å². The Bertz CT molecular complexity index is 473. The second kappa shape index (κ2) is 7.41. The van der Waals surface area contributed by atoms with Crippen LogP contribution in [0.25, 0.3) is 0 Å². The van der Waals surface area contributed by atoms with E-state index in [2.05, 4.69) is 11.8 Å². The fourth-order valence-electron chi connectivity index (χ4n) is 2.67. The van der Waals surface area contributed by atoms with Gasteiger partial charge in [-0.2, -0.15) is 0 Å². The Morgan fingerprint density at radius 3 is 2.57 bits per heavy atom. The normalized spacial score (nSPS) is 17.6. The fraction of sp³-hybridized carbons (Fsp3) is 0.562. The van der Waals surface area contributed by atoms with Gasteiger partial charge in [-0.15, -0.1) is 0 Å². The van der Waals surface area contributed by atoms with Gasteiger partial charge >= 0.3 is 6.09 Å². The van der Waals surface area contributed by atoms with Crippen LogP contribution in [0, 0.1) is 5.82 Å². The topological polar surface area (TPSA) is 32.8 Å². The molecule has 1 fully saturated rings. The number of carbonyl (C=O) groups is 1. The van der Waals surface area contributed by atoms with Gasteiger partial charge in [0.05, 0.1) is 6.61 Å². The predicted octanol–water partition coefficient (Wildman–Crippen LogP) is 2.53. The quantitative estimate of drug-likeness (QED) is 0.855. The highest BCUT2D eigenvalue weighted by Gasteiger charge is 2.25. The van der Waals surface area contributed by atoms with Gasteiger partial charge in [-0.1, -0.05) is 18.2 Å². The van der Waals surface area contributed by atoms with Gasteiger partial charge in [0.15, 0.2) is 0 Å². The Balaban J connectivity index is 1.84. The molecular weight excluding hydrogens is 271 g/mol. The van der Waals surface area contributed by atoms with Crippen molar-refractivity contribution >= 4 is 6.09 Å². The highest BCUT2D eigenvalue weighted by Crippen LogP contribution is 2.14. The summed E-state index contributed by atoms with van der Waals surface area (Å²) in [6, 6.07) is 7.17. The van der Waals surface area contributed by atoms with Crippen LogP contribution in [0.4, 0.5) is 9.18 Å². The molecule has 0 unspecified atom stereocenters. The van der Waals surface area contributed by atoms with Crippen LogP contribution in [0.3, 0.4) is 0 Å². The van der Waals surface area contributed by atoms with E-state index in [1.807, 2.05) is 19.1 Å². The van der Waals surface area contributed by atoms with E-state index >= 15 is 0 Å². The Kier molecular flexibility index (Phi) is 5.56. The zero-order valence-corrected chi connectivity index (χ0v) is 12.7. The van der Waals surface area contributed by atoms with Crippen molar-refractivity contribution in [3.63, 3.8) is 0 Å². The lowest BCUT2D eigenvalue weighted by Gasteiger charge is -2.37. The number of halogens is 1. The molecule has 1 aliphatic rings. The molecule has 0 bridgehead atoms. The average Bonchev–Trinajstić information content (AvgIpc) is 2.50. The maximum absolute atomic E-state index is 13.7. The largest absolute Gasteiger partial charge is 0.450 e. The number of carbonyl (C=O) groups excluding carboxylic acids is 1. The number of amides is 1. The zero-order chi connectivity index (χ0) is 15.2. The minimum Gasteiger partial charge on any atom is -0.450 e. The highest BCUT2D eigenvalue weighted by molar-refractivity contribution is 5.67. The van der Waals surface area contributed by atoms with Gasteiger partial charge < -0.3 is 9.64 Å². The summed E-state index contributed by atoms with van der Waals surface area (Å²) in [7, 11) is 0. The molecule has 1 amide bonds. The molecule has 2 rings (SSSR count). The fourth-order valence-corrected chi connectivity index (χ4v) is 2.67. The summed E-state index contributed by atoms with van der Waals surface area (Å²) >= 11 is 0. The second-order valence-electron chi connectivity index (χ2n) is 5.37. The lowest BCUT2D eigenvalue weighted by Crippen LogP contribution is -2.51. The third kappa shape index (κ3) is 4.17. The van der Waals surface area contributed by atoms with Gasteiger partial charge in [-0.3, -0.25) is 4.90 Å². The van der Waals surface area contributed by atoms with Gasteiger partial charge in [0.1, 0.15) is 5.82 Å². The standard InChI is InChI=1S/C16H23FN2O2/c1-3-21-16(20)19-10-8-18(9-11-19)13(2)12-14-6-4-5-7-15(14)17/h4-7,13H,3,8-12H2,1-2H3/t13-/m1/s1. The number of ether oxygens (including phenoxy) is 1. The third-order valence-electron chi connectivity index (χ3n) is 3.94. The van der Waals surface area contributed by atoms with E-state index in [1.54, 1.807) is 11.0 Å². The van der Waals surface area contributed by atoms with Gasteiger partial charge in [0, 0.05) is 32.2 Å². The average molecular weight is 294 g/mol. The molecule has 1 saturated heterocycles. The lowest BCUT2D eigenvalue weighted by atomic mass is 10.0. The monoisotopic (exact) mass is 294 g/mol. The summed E-state index contributed by atoms with van der Waals surface area (Å²) in [6.07, 6.45) is 0.449. The Hall–Kier alpha value is -1.62. The van der Waals surface area contributed by atoms with E-state index in [-0.39, 0.29) is 18.0 Å². The van der Waals surface area contributed by atoms with Crippen molar-refractivity contribution in [3.05, 3.63) is 35.6 Å². The molecule has 0 aromatic heterocycles. The molecule has 0 N–H and O–H groups in total. The number of benzene rings is 1. The third-order valence-corrected chi connectivity index (χ3v) is 3.94.